The van der Waals surface area contributed by atoms with Crippen LogP contribution >= 0.6 is 0 Å². The van der Waals surface area contributed by atoms with Gasteiger partial charge in [0.25, 0.3) is 0 Å². The third-order valence-corrected chi connectivity index (χ3v) is 12.5. The average molecular weight is 633 g/mol. The molecule has 3 aliphatic carbocycles. The van der Waals surface area contributed by atoms with E-state index in [-0.39, 0.29) is 46.4 Å². The van der Waals surface area contributed by atoms with Crippen LogP contribution in [0, 0.1) is 40.4 Å². The van der Waals surface area contributed by atoms with Gasteiger partial charge in [-0.1, -0.05) is 19.4 Å². The summed E-state index contributed by atoms with van der Waals surface area (Å²) in [6, 6.07) is 0. The molecule has 14 heteroatoms. The molecule has 3 fully saturated rings. The lowest BCUT2D eigenvalue weighted by Crippen LogP contribution is -2.69. The Morgan fingerprint density at radius 3 is 2.36 bits per heavy atom. The van der Waals surface area contributed by atoms with Crippen LogP contribution in [0.2, 0.25) is 0 Å². The van der Waals surface area contributed by atoms with Crippen LogP contribution < -0.4 is 0 Å². The number of allylic oxidation sites excluding steroid dienone is 1. The molecule has 0 aromatic carbocycles. The van der Waals surface area contributed by atoms with Crippen LogP contribution in [0.3, 0.4) is 0 Å². The molecule has 2 heterocycles. The van der Waals surface area contributed by atoms with E-state index in [4.69, 9.17) is 18.2 Å². The molecule has 0 aromatic rings. The lowest BCUT2D eigenvalue weighted by atomic mass is 9.46. The summed E-state index contributed by atoms with van der Waals surface area (Å²) in [5.41, 5.74) is -1.72. The maximum absolute atomic E-state index is 13.5. The second-order valence-electron chi connectivity index (χ2n) is 13.3. The molecule has 12 nitrogen and oxygen atoms in total. The Kier molecular flexibility index (Phi) is 7.90. The van der Waals surface area contributed by atoms with Gasteiger partial charge in [-0.25, -0.2) is 13.2 Å². The molecule has 2 saturated carbocycles. The predicted molar refractivity (Wildman–Crippen MR) is 147 cm³/mol. The fourth-order valence-corrected chi connectivity index (χ4v) is 10.0. The molecule has 0 amide bonds. The number of esters is 1. The first-order valence-electron chi connectivity index (χ1n) is 14.4. The fourth-order valence-electron chi connectivity index (χ4n) is 9.24. The zero-order valence-electron chi connectivity index (χ0n) is 24.4. The average Bonchev–Trinajstić information content (AvgIpc) is 3.22. The van der Waals surface area contributed by atoms with Crippen molar-refractivity contribution in [3.63, 3.8) is 0 Å². The maximum Gasteiger partial charge on any atom is 0.398 e. The molecule has 1 saturated heterocycles. The van der Waals surface area contributed by atoms with Gasteiger partial charge in [0.05, 0.1) is 17.6 Å². The molecule has 0 spiro atoms. The lowest BCUT2D eigenvalue weighted by Gasteiger charge is -2.63. The first kappa shape index (κ1) is 31.7. The highest BCUT2D eigenvalue weighted by Gasteiger charge is 2.69. The van der Waals surface area contributed by atoms with Crippen molar-refractivity contribution in [2.24, 2.45) is 40.4 Å². The highest BCUT2D eigenvalue weighted by atomic mass is 32.3. The highest BCUT2D eigenvalue weighted by molar-refractivity contribution is 7.81. The van der Waals surface area contributed by atoms with Gasteiger partial charge in [0.1, 0.15) is 24.4 Å². The van der Waals surface area contributed by atoms with Gasteiger partial charge in [-0.3, -0.25) is 13.9 Å². The zero-order chi connectivity index (χ0) is 31.0. The molecule has 5 aliphatic rings. The van der Waals surface area contributed by atoms with Crippen LogP contribution in [0.25, 0.3) is 0 Å². The minimum atomic E-state index is -4.79. The van der Waals surface area contributed by atoms with E-state index in [0.717, 1.165) is 25.7 Å². The quantitative estimate of drug-likeness (QED) is 0.309. The van der Waals surface area contributed by atoms with Crippen molar-refractivity contribution in [3.8, 4) is 0 Å². The second kappa shape index (κ2) is 10.5. The molecule has 5 rings (SSSR count). The summed E-state index contributed by atoms with van der Waals surface area (Å²) in [4.78, 5) is 26.3. The molecular formula is C28H40O12S2. The number of hydrogen-bond acceptors (Lipinski definition) is 10. The largest absolute Gasteiger partial charge is 0.458 e. The summed E-state index contributed by atoms with van der Waals surface area (Å²) in [5.74, 6) is -0.413. The standard InChI is InChI=1S/C28H40O12S2/c1-15-12-22(39-25(30)17(15)14-38-41(31,32)33)16(2)19-6-7-20-18-13-37-28(5)24(40-42(34,35)36)9-8-23(29)27(28,4)21(18)10-11-26(19,20)3/h8-9,16,18-22,24H,6-7,10-14H2,1-5H3,(H,31,32,33)(H,34,35,36)/t16-,18?,19?,20?,21?,22?,24-,26+,27-,28-/m0/s1. The third kappa shape index (κ3) is 5.10. The van der Waals surface area contributed by atoms with Gasteiger partial charge in [0.2, 0.25) is 0 Å². The molecule has 0 aromatic heterocycles. The Morgan fingerprint density at radius 1 is 1.05 bits per heavy atom. The molecule has 2 aliphatic heterocycles. The molecule has 0 bridgehead atoms. The molecule has 42 heavy (non-hydrogen) atoms. The third-order valence-electron chi connectivity index (χ3n) is 11.7. The van der Waals surface area contributed by atoms with Gasteiger partial charge in [-0.2, -0.15) is 16.8 Å². The number of ether oxygens (including phenoxy) is 2. The predicted octanol–water partition coefficient (Wildman–Crippen LogP) is 3.25. The van der Waals surface area contributed by atoms with Gasteiger partial charge in [0.15, 0.2) is 5.78 Å². The van der Waals surface area contributed by atoms with Gasteiger partial charge in [-0.15, -0.1) is 0 Å². The van der Waals surface area contributed by atoms with E-state index in [1.165, 1.54) is 12.2 Å². The van der Waals surface area contributed by atoms with E-state index in [0.29, 0.717) is 18.6 Å². The monoisotopic (exact) mass is 632 g/mol. The van der Waals surface area contributed by atoms with Crippen LogP contribution in [0.5, 0.6) is 0 Å². The summed E-state index contributed by atoms with van der Waals surface area (Å²) < 4.78 is 85.1. The Morgan fingerprint density at radius 2 is 1.74 bits per heavy atom. The summed E-state index contributed by atoms with van der Waals surface area (Å²) in [6.45, 7) is 9.34. The normalized spacial score (nSPS) is 42.9. The Bertz CT molecular complexity index is 1430. The van der Waals surface area contributed by atoms with E-state index in [9.17, 15) is 31.0 Å². The Labute approximate surface area is 247 Å². The Balaban J connectivity index is 1.36. The molecule has 0 radical (unpaired) electrons. The first-order chi connectivity index (χ1) is 19.3. The van der Waals surface area contributed by atoms with Crippen LogP contribution in [0.4, 0.5) is 0 Å². The zero-order valence-corrected chi connectivity index (χ0v) is 26.1. The number of carbonyl (C=O) groups excluding carboxylic acids is 2. The van der Waals surface area contributed by atoms with E-state index in [1.807, 2.05) is 6.92 Å². The number of cyclic esters (lactones) is 1. The fraction of sp³-hybridized carbons (Fsp3) is 0.786. The van der Waals surface area contributed by atoms with Crippen molar-refractivity contribution in [1.29, 1.82) is 0 Å². The summed E-state index contributed by atoms with van der Waals surface area (Å²) in [7, 11) is -9.48. The van der Waals surface area contributed by atoms with Gasteiger partial charge < -0.3 is 9.47 Å². The molecule has 5 unspecified atom stereocenters. The number of ketones is 1. The van der Waals surface area contributed by atoms with E-state index < -0.39 is 56.6 Å². The van der Waals surface area contributed by atoms with Crippen molar-refractivity contribution in [1.82, 2.24) is 0 Å². The number of rotatable bonds is 7. The summed E-state index contributed by atoms with van der Waals surface area (Å²) >= 11 is 0. The van der Waals surface area contributed by atoms with Crippen LogP contribution in [-0.4, -0.2) is 68.7 Å². The lowest BCUT2D eigenvalue weighted by molar-refractivity contribution is -0.251. The van der Waals surface area contributed by atoms with Crippen LogP contribution in [0.15, 0.2) is 23.3 Å². The number of hydrogen-bond donors (Lipinski definition) is 2. The summed E-state index contributed by atoms with van der Waals surface area (Å²) in [6.07, 6.45) is 4.91. The van der Waals surface area contributed by atoms with E-state index >= 15 is 0 Å². The van der Waals surface area contributed by atoms with Gasteiger partial charge in [-0.05, 0) is 93.6 Å². The van der Waals surface area contributed by atoms with Crippen molar-refractivity contribution in [3.05, 3.63) is 23.3 Å². The highest BCUT2D eigenvalue weighted by Crippen LogP contribution is 2.67. The first-order valence-corrected chi connectivity index (χ1v) is 17.1. The molecule has 2 N–H and O–H groups in total. The number of fused-ring (bicyclic) bond motifs is 5. The molecule has 236 valence electrons. The SMILES string of the molecule is CC1=C(COS(=O)(=O)O)C(=O)OC([C@@H](C)C2CCC3C4CO[C@@]5(C)[C@@H](OS(=O)(=O)O)C=CC(=O)[C@]5(C)C4CC[C@@]32C)C1. The van der Waals surface area contributed by atoms with Crippen LogP contribution in [-0.2, 0) is 48.2 Å². The van der Waals surface area contributed by atoms with Crippen molar-refractivity contribution >= 4 is 32.6 Å². The Hall–Kier alpha value is -1.68. The van der Waals surface area contributed by atoms with E-state index in [2.05, 4.69) is 18.0 Å². The molecular weight excluding hydrogens is 592 g/mol. The minimum Gasteiger partial charge on any atom is -0.458 e. The molecule has 10 atom stereocenters. The maximum atomic E-state index is 13.5. The van der Waals surface area contributed by atoms with Gasteiger partial charge in [0, 0.05) is 6.42 Å². The second-order valence-corrected chi connectivity index (χ2v) is 15.5. The minimum absolute atomic E-state index is 0.00311. The van der Waals surface area contributed by atoms with Crippen LogP contribution in [0.1, 0.15) is 66.7 Å². The van der Waals surface area contributed by atoms with Crippen molar-refractivity contribution < 1.29 is 53.4 Å². The smallest absolute Gasteiger partial charge is 0.398 e. The summed E-state index contributed by atoms with van der Waals surface area (Å²) in [5, 5.41) is 0. The van der Waals surface area contributed by atoms with Crippen molar-refractivity contribution in [2.75, 3.05) is 13.2 Å². The van der Waals surface area contributed by atoms with E-state index in [1.54, 1.807) is 13.8 Å². The van der Waals surface area contributed by atoms with Crippen molar-refractivity contribution in [2.45, 2.75) is 84.5 Å². The number of carbonyl (C=O) groups is 2. The topological polar surface area (TPSA) is 180 Å². The van der Waals surface area contributed by atoms with Gasteiger partial charge >= 0.3 is 26.8 Å².